The molecular weight excluding hydrogens is 420 g/mol. The summed E-state index contributed by atoms with van der Waals surface area (Å²) < 4.78 is 14.0. The van der Waals surface area contributed by atoms with Gasteiger partial charge in [-0.25, -0.2) is 4.98 Å². The van der Waals surface area contributed by atoms with E-state index < -0.39 is 0 Å². The summed E-state index contributed by atoms with van der Waals surface area (Å²) in [6, 6.07) is 9.74. The predicted octanol–water partition coefficient (Wildman–Crippen LogP) is 2.96. The van der Waals surface area contributed by atoms with E-state index in [1.54, 1.807) is 11.1 Å². The Hall–Kier alpha value is -3.88. The van der Waals surface area contributed by atoms with Crippen LogP contribution in [0.1, 0.15) is 23.2 Å². The Bertz CT molecular complexity index is 1360. The molecule has 33 heavy (non-hydrogen) atoms. The zero-order chi connectivity index (χ0) is 22.7. The van der Waals surface area contributed by atoms with Crippen molar-refractivity contribution in [3.8, 4) is 16.9 Å². The number of pyridine rings is 1. The second kappa shape index (κ2) is 7.33. The summed E-state index contributed by atoms with van der Waals surface area (Å²) in [7, 11) is 1.84. The lowest BCUT2D eigenvalue weighted by atomic mass is 10.0. The molecule has 4 aromatic rings. The van der Waals surface area contributed by atoms with E-state index in [1.807, 2.05) is 51.2 Å². The average Bonchev–Trinajstić information content (AvgIpc) is 3.38. The molecule has 6 rings (SSSR count). The number of hydrogen-bond acceptors (Lipinski definition) is 7. The SMILES string of the molecule is Cc1noc(C)c1-c1ccc2nc(N3CCN(C)C(=O)C3)n3c2c1OC[C@@H]3c1ccccn1. The van der Waals surface area contributed by atoms with Gasteiger partial charge in [-0.1, -0.05) is 11.2 Å². The van der Waals surface area contributed by atoms with Crippen LogP contribution in [-0.2, 0) is 4.79 Å². The molecule has 0 aliphatic carbocycles. The molecular formula is C24H24N6O3. The van der Waals surface area contributed by atoms with E-state index in [9.17, 15) is 4.79 Å². The van der Waals surface area contributed by atoms with Gasteiger partial charge in [-0.2, -0.15) is 0 Å². The minimum absolute atomic E-state index is 0.0826. The molecule has 2 aliphatic rings. The first-order chi connectivity index (χ1) is 16.0. The highest BCUT2D eigenvalue weighted by atomic mass is 16.5. The summed E-state index contributed by atoms with van der Waals surface area (Å²) in [5.41, 5.74) is 5.30. The molecule has 9 nitrogen and oxygen atoms in total. The van der Waals surface area contributed by atoms with Gasteiger partial charge in [0, 0.05) is 31.9 Å². The Morgan fingerprint density at radius 1 is 1.12 bits per heavy atom. The summed E-state index contributed by atoms with van der Waals surface area (Å²) in [4.78, 5) is 25.9. The number of aryl methyl sites for hydroxylation is 2. The third kappa shape index (κ3) is 2.99. The summed E-state index contributed by atoms with van der Waals surface area (Å²) in [5, 5.41) is 4.13. The first kappa shape index (κ1) is 19.8. The lowest BCUT2D eigenvalue weighted by Gasteiger charge is -2.35. The van der Waals surface area contributed by atoms with Crippen LogP contribution in [0.4, 0.5) is 5.95 Å². The molecule has 1 atom stereocenters. The molecule has 9 heteroatoms. The maximum atomic E-state index is 12.5. The second-order valence-electron chi connectivity index (χ2n) is 8.61. The lowest BCUT2D eigenvalue weighted by molar-refractivity contribution is -0.129. The number of rotatable bonds is 3. The maximum absolute atomic E-state index is 12.5. The largest absolute Gasteiger partial charge is 0.488 e. The quantitative estimate of drug-likeness (QED) is 0.480. The van der Waals surface area contributed by atoms with Gasteiger partial charge in [-0.15, -0.1) is 0 Å². The van der Waals surface area contributed by atoms with Gasteiger partial charge < -0.3 is 19.1 Å². The van der Waals surface area contributed by atoms with Crippen molar-refractivity contribution in [1.82, 2.24) is 24.6 Å². The molecule has 0 radical (unpaired) electrons. The summed E-state index contributed by atoms with van der Waals surface area (Å²) >= 11 is 0. The minimum atomic E-state index is -0.159. The molecule has 5 heterocycles. The van der Waals surface area contributed by atoms with E-state index in [2.05, 4.69) is 19.6 Å². The Morgan fingerprint density at radius 2 is 2.00 bits per heavy atom. The third-order valence-corrected chi connectivity index (χ3v) is 6.56. The topological polar surface area (TPSA) is 89.5 Å². The standard InChI is InChI=1S/C24H24N6O3/c1-14-21(15(2)33-27-14)16-7-8-18-22-23(16)32-13-19(17-6-4-5-9-25-17)30(22)24(26-18)29-11-10-28(3)20(31)12-29/h4-9,19H,10-13H2,1-3H3/t19-/m1/s1. The number of ether oxygens (including phenoxy) is 1. The fraction of sp³-hybridized carbons (Fsp3) is 0.333. The van der Waals surface area contributed by atoms with Gasteiger partial charge in [-0.05, 0) is 38.1 Å². The Labute approximate surface area is 190 Å². The predicted molar refractivity (Wildman–Crippen MR) is 122 cm³/mol. The molecule has 1 amide bonds. The van der Waals surface area contributed by atoms with E-state index >= 15 is 0 Å². The van der Waals surface area contributed by atoms with Crippen LogP contribution in [0.3, 0.4) is 0 Å². The summed E-state index contributed by atoms with van der Waals surface area (Å²) in [5.74, 6) is 2.35. The molecule has 0 spiro atoms. The molecule has 1 aromatic carbocycles. The number of nitrogens with zero attached hydrogens (tertiary/aromatic N) is 6. The zero-order valence-electron chi connectivity index (χ0n) is 18.8. The smallest absolute Gasteiger partial charge is 0.242 e. The lowest BCUT2D eigenvalue weighted by Crippen LogP contribution is -2.49. The fourth-order valence-corrected chi connectivity index (χ4v) is 4.83. The molecule has 168 valence electrons. The van der Waals surface area contributed by atoms with Gasteiger partial charge in [0.15, 0.2) is 5.75 Å². The van der Waals surface area contributed by atoms with E-state index in [0.717, 1.165) is 51.0 Å². The minimum Gasteiger partial charge on any atom is -0.488 e. The van der Waals surface area contributed by atoms with Crippen LogP contribution in [0.25, 0.3) is 22.2 Å². The average molecular weight is 444 g/mol. The number of benzene rings is 1. The number of piperazine rings is 1. The van der Waals surface area contributed by atoms with Crippen molar-refractivity contribution in [2.75, 3.05) is 38.2 Å². The first-order valence-electron chi connectivity index (χ1n) is 11.0. The Morgan fingerprint density at radius 3 is 2.73 bits per heavy atom. The van der Waals surface area contributed by atoms with Crippen LogP contribution in [0.15, 0.2) is 41.1 Å². The van der Waals surface area contributed by atoms with Crippen molar-refractivity contribution in [1.29, 1.82) is 0 Å². The van der Waals surface area contributed by atoms with E-state index in [0.29, 0.717) is 26.2 Å². The van der Waals surface area contributed by atoms with Crippen LogP contribution in [0, 0.1) is 13.8 Å². The van der Waals surface area contributed by atoms with Gasteiger partial charge >= 0.3 is 0 Å². The number of anilines is 1. The van der Waals surface area contributed by atoms with Crippen molar-refractivity contribution in [3.05, 3.63) is 53.7 Å². The van der Waals surface area contributed by atoms with E-state index in [-0.39, 0.29) is 11.9 Å². The fourth-order valence-electron chi connectivity index (χ4n) is 4.83. The van der Waals surface area contributed by atoms with Gasteiger partial charge in [0.2, 0.25) is 11.9 Å². The summed E-state index contributed by atoms with van der Waals surface area (Å²) in [6.07, 6.45) is 1.79. The van der Waals surface area contributed by atoms with Gasteiger partial charge in [-0.3, -0.25) is 14.3 Å². The second-order valence-corrected chi connectivity index (χ2v) is 8.61. The monoisotopic (exact) mass is 444 g/mol. The number of carbonyl (C=O) groups is 1. The van der Waals surface area contributed by atoms with Crippen LogP contribution >= 0.6 is 0 Å². The molecule has 0 saturated carbocycles. The molecule has 0 N–H and O–H groups in total. The van der Waals surface area contributed by atoms with Crippen molar-refractivity contribution < 1.29 is 14.1 Å². The molecule has 3 aromatic heterocycles. The van der Waals surface area contributed by atoms with Crippen molar-refractivity contribution in [3.63, 3.8) is 0 Å². The number of hydrogen-bond donors (Lipinski definition) is 0. The number of amides is 1. The Kier molecular flexibility index (Phi) is 4.39. The summed E-state index contributed by atoms with van der Waals surface area (Å²) in [6.45, 7) is 5.91. The zero-order valence-corrected chi connectivity index (χ0v) is 18.8. The molecule has 0 bridgehead atoms. The molecule has 1 saturated heterocycles. The highest BCUT2D eigenvalue weighted by Crippen LogP contribution is 2.45. The highest BCUT2D eigenvalue weighted by molar-refractivity contribution is 5.94. The third-order valence-electron chi connectivity index (χ3n) is 6.56. The van der Waals surface area contributed by atoms with Crippen molar-refractivity contribution >= 4 is 22.9 Å². The number of aromatic nitrogens is 4. The van der Waals surface area contributed by atoms with Crippen LogP contribution < -0.4 is 9.64 Å². The van der Waals surface area contributed by atoms with E-state index in [4.69, 9.17) is 14.2 Å². The molecule has 0 unspecified atom stereocenters. The number of likely N-dealkylation sites (N-methyl/N-ethyl adjacent to an activating group) is 1. The highest BCUT2D eigenvalue weighted by Gasteiger charge is 2.35. The van der Waals surface area contributed by atoms with Crippen LogP contribution in [-0.4, -0.2) is 63.8 Å². The first-order valence-corrected chi connectivity index (χ1v) is 11.0. The molecule has 1 fully saturated rings. The molecule has 2 aliphatic heterocycles. The Balaban J connectivity index is 1.60. The van der Waals surface area contributed by atoms with E-state index in [1.165, 1.54) is 0 Å². The normalized spacial score (nSPS) is 18.2. The van der Waals surface area contributed by atoms with Crippen molar-refractivity contribution in [2.45, 2.75) is 19.9 Å². The number of carbonyl (C=O) groups excluding carboxylic acids is 1. The number of imidazole rings is 1. The van der Waals surface area contributed by atoms with Gasteiger partial charge in [0.25, 0.3) is 0 Å². The van der Waals surface area contributed by atoms with Crippen molar-refractivity contribution in [2.24, 2.45) is 0 Å². The van der Waals surface area contributed by atoms with Crippen LogP contribution in [0.5, 0.6) is 5.75 Å². The maximum Gasteiger partial charge on any atom is 0.242 e. The van der Waals surface area contributed by atoms with Crippen LogP contribution in [0.2, 0.25) is 0 Å². The van der Waals surface area contributed by atoms with Gasteiger partial charge in [0.1, 0.15) is 23.9 Å². The van der Waals surface area contributed by atoms with Gasteiger partial charge in [0.05, 0.1) is 29.0 Å².